The predicted octanol–water partition coefficient (Wildman–Crippen LogP) is 3.69. The SMILES string of the molecule is CCC1C(OCC2CC2)C(NC(=O)c2[nH]c(C)c(Cl)c2Cl)CCN1C(=O)O. The molecule has 3 unspecified atom stereocenters. The summed E-state index contributed by atoms with van der Waals surface area (Å²) in [4.78, 5) is 28.7. The molecule has 0 radical (unpaired) electrons. The summed E-state index contributed by atoms with van der Waals surface area (Å²) in [5, 5.41) is 13.0. The summed E-state index contributed by atoms with van der Waals surface area (Å²) in [5.41, 5.74) is 0.842. The first-order chi connectivity index (χ1) is 12.8. The number of ether oxygens (including phenoxy) is 1. The van der Waals surface area contributed by atoms with E-state index in [0.29, 0.717) is 42.6 Å². The van der Waals surface area contributed by atoms with E-state index in [2.05, 4.69) is 10.3 Å². The molecule has 0 spiro atoms. The van der Waals surface area contributed by atoms with Gasteiger partial charge in [-0.15, -0.1) is 0 Å². The average Bonchev–Trinajstić information content (AvgIpc) is 3.42. The molecule has 3 atom stereocenters. The lowest BCUT2D eigenvalue weighted by atomic mass is 9.91. The number of nitrogens with one attached hydrogen (secondary N) is 2. The van der Waals surface area contributed by atoms with Crippen LogP contribution in [-0.2, 0) is 4.74 Å². The van der Waals surface area contributed by atoms with E-state index in [1.54, 1.807) is 6.92 Å². The molecule has 2 fully saturated rings. The Kier molecular flexibility index (Phi) is 6.23. The number of H-pyrrole nitrogens is 1. The summed E-state index contributed by atoms with van der Waals surface area (Å²) < 4.78 is 6.11. The fourth-order valence-electron chi connectivity index (χ4n) is 3.63. The highest BCUT2D eigenvalue weighted by molar-refractivity contribution is 6.44. The Bertz CT molecular complexity index is 720. The van der Waals surface area contributed by atoms with Crippen LogP contribution in [0.5, 0.6) is 0 Å². The molecule has 150 valence electrons. The van der Waals surface area contributed by atoms with Crippen LogP contribution in [-0.4, -0.2) is 58.3 Å². The van der Waals surface area contributed by atoms with Gasteiger partial charge < -0.3 is 25.0 Å². The lowest BCUT2D eigenvalue weighted by molar-refractivity contribution is -0.0572. The molecular formula is C18H25Cl2N3O4. The van der Waals surface area contributed by atoms with Crippen LogP contribution in [0.4, 0.5) is 4.79 Å². The first-order valence-electron chi connectivity index (χ1n) is 9.29. The van der Waals surface area contributed by atoms with Crippen LogP contribution in [0.2, 0.25) is 10.0 Å². The summed E-state index contributed by atoms with van der Waals surface area (Å²) in [6.07, 6.45) is 2.02. The monoisotopic (exact) mass is 417 g/mol. The number of hydrogen-bond donors (Lipinski definition) is 3. The van der Waals surface area contributed by atoms with Crippen LogP contribution in [0, 0.1) is 12.8 Å². The van der Waals surface area contributed by atoms with E-state index < -0.39 is 12.2 Å². The summed E-state index contributed by atoms with van der Waals surface area (Å²) in [5.74, 6) is 0.178. The molecule has 2 heterocycles. The molecule has 2 amide bonds. The molecule has 1 saturated heterocycles. The summed E-state index contributed by atoms with van der Waals surface area (Å²) in [6.45, 7) is 4.61. The molecular weight excluding hydrogens is 393 g/mol. The standard InChI is InChI=1S/C18H25Cl2N3O4/c1-3-12-16(27-8-10-4-5-10)11(6-7-23(12)18(25)26)22-17(24)15-14(20)13(19)9(2)21-15/h10-12,16,21H,3-8H2,1-2H3,(H,22,24)(H,25,26). The molecule has 1 aliphatic heterocycles. The normalized spacial score (nSPS) is 25.5. The molecule has 0 bridgehead atoms. The minimum atomic E-state index is -0.957. The van der Waals surface area contributed by atoms with Gasteiger partial charge in [0, 0.05) is 18.8 Å². The number of rotatable bonds is 6. The van der Waals surface area contributed by atoms with Crippen molar-refractivity contribution in [2.45, 2.75) is 57.7 Å². The van der Waals surface area contributed by atoms with Crippen molar-refractivity contribution in [1.82, 2.24) is 15.2 Å². The Balaban J connectivity index is 1.77. The Hall–Kier alpha value is -1.44. The van der Waals surface area contributed by atoms with Gasteiger partial charge in [0.1, 0.15) is 5.69 Å². The van der Waals surface area contributed by atoms with Crippen LogP contribution in [0.1, 0.15) is 48.8 Å². The minimum Gasteiger partial charge on any atom is -0.465 e. The Labute approximate surface area is 168 Å². The molecule has 1 aliphatic carbocycles. The van der Waals surface area contributed by atoms with E-state index in [9.17, 15) is 14.7 Å². The molecule has 0 aromatic carbocycles. The minimum absolute atomic E-state index is 0.192. The molecule has 9 heteroatoms. The van der Waals surface area contributed by atoms with Crippen molar-refractivity contribution in [2.24, 2.45) is 5.92 Å². The topological polar surface area (TPSA) is 94.7 Å². The summed E-state index contributed by atoms with van der Waals surface area (Å²) >= 11 is 12.2. The number of amides is 2. The number of halogens is 2. The van der Waals surface area contributed by atoms with Gasteiger partial charge >= 0.3 is 6.09 Å². The van der Waals surface area contributed by atoms with E-state index in [1.165, 1.54) is 4.90 Å². The van der Waals surface area contributed by atoms with Gasteiger partial charge in [-0.25, -0.2) is 4.79 Å². The van der Waals surface area contributed by atoms with Crippen molar-refractivity contribution in [1.29, 1.82) is 0 Å². The summed E-state index contributed by atoms with van der Waals surface area (Å²) in [6, 6.07) is -0.597. The molecule has 1 aromatic heterocycles. The average molecular weight is 418 g/mol. The van der Waals surface area contributed by atoms with E-state index in [0.717, 1.165) is 12.8 Å². The lowest BCUT2D eigenvalue weighted by Crippen LogP contribution is -2.61. The number of aryl methyl sites for hydroxylation is 1. The number of piperidine rings is 1. The van der Waals surface area contributed by atoms with Gasteiger partial charge in [0.25, 0.3) is 5.91 Å². The van der Waals surface area contributed by atoms with E-state index >= 15 is 0 Å². The fourth-order valence-corrected chi connectivity index (χ4v) is 4.04. The molecule has 2 aliphatic rings. The van der Waals surface area contributed by atoms with E-state index in [-0.39, 0.29) is 28.7 Å². The van der Waals surface area contributed by atoms with Crippen molar-refractivity contribution in [3.8, 4) is 0 Å². The number of nitrogens with zero attached hydrogens (tertiary/aromatic N) is 1. The van der Waals surface area contributed by atoms with Crippen LogP contribution < -0.4 is 5.32 Å². The Morgan fingerprint density at radius 1 is 1.30 bits per heavy atom. The third-order valence-electron chi connectivity index (χ3n) is 5.34. The maximum absolute atomic E-state index is 12.7. The van der Waals surface area contributed by atoms with Gasteiger partial charge in [0.2, 0.25) is 0 Å². The molecule has 1 aromatic rings. The number of carbonyl (C=O) groups excluding carboxylic acids is 1. The van der Waals surface area contributed by atoms with Crippen molar-refractivity contribution in [3.63, 3.8) is 0 Å². The highest BCUT2D eigenvalue weighted by atomic mass is 35.5. The number of hydrogen-bond acceptors (Lipinski definition) is 3. The van der Waals surface area contributed by atoms with Gasteiger partial charge in [0.05, 0.1) is 28.2 Å². The molecule has 3 rings (SSSR count). The Morgan fingerprint density at radius 3 is 2.52 bits per heavy atom. The smallest absolute Gasteiger partial charge is 0.407 e. The zero-order chi connectivity index (χ0) is 19.7. The molecule has 3 N–H and O–H groups in total. The first kappa shape index (κ1) is 20.3. The zero-order valence-electron chi connectivity index (χ0n) is 15.4. The maximum atomic E-state index is 12.7. The van der Waals surface area contributed by atoms with Crippen molar-refractivity contribution in [2.75, 3.05) is 13.2 Å². The number of aromatic amines is 1. The van der Waals surface area contributed by atoms with E-state index in [4.69, 9.17) is 27.9 Å². The number of carbonyl (C=O) groups is 2. The predicted molar refractivity (Wildman–Crippen MR) is 103 cm³/mol. The van der Waals surface area contributed by atoms with Gasteiger partial charge in [-0.05, 0) is 38.5 Å². The highest BCUT2D eigenvalue weighted by Gasteiger charge is 2.42. The Morgan fingerprint density at radius 2 is 2.00 bits per heavy atom. The van der Waals surface area contributed by atoms with E-state index in [1.807, 2.05) is 6.92 Å². The van der Waals surface area contributed by atoms with Gasteiger partial charge in [0.15, 0.2) is 0 Å². The lowest BCUT2D eigenvalue weighted by Gasteiger charge is -2.44. The van der Waals surface area contributed by atoms with Gasteiger partial charge in [-0.2, -0.15) is 0 Å². The second-order valence-electron chi connectivity index (χ2n) is 7.31. The first-order valence-corrected chi connectivity index (χ1v) is 10.0. The van der Waals surface area contributed by atoms with Crippen LogP contribution in [0.15, 0.2) is 0 Å². The van der Waals surface area contributed by atoms with Crippen LogP contribution in [0.25, 0.3) is 0 Å². The second kappa shape index (κ2) is 8.29. The molecule has 27 heavy (non-hydrogen) atoms. The van der Waals surface area contributed by atoms with Crippen molar-refractivity contribution < 1.29 is 19.4 Å². The second-order valence-corrected chi connectivity index (χ2v) is 8.07. The van der Waals surface area contributed by atoms with Crippen molar-refractivity contribution >= 4 is 35.2 Å². The third-order valence-corrected chi connectivity index (χ3v) is 6.29. The van der Waals surface area contributed by atoms with Crippen molar-refractivity contribution in [3.05, 3.63) is 21.4 Å². The third kappa shape index (κ3) is 4.36. The zero-order valence-corrected chi connectivity index (χ0v) is 16.9. The van der Waals surface area contributed by atoms with Gasteiger partial charge in [-0.1, -0.05) is 30.1 Å². The fraction of sp³-hybridized carbons (Fsp3) is 0.667. The summed E-state index contributed by atoms with van der Waals surface area (Å²) in [7, 11) is 0. The largest absolute Gasteiger partial charge is 0.465 e. The number of carboxylic acid groups (broad SMARTS) is 1. The van der Waals surface area contributed by atoms with Gasteiger partial charge in [-0.3, -0.25) is 4.79 Å². The molecule has 1 saturated carbocycles. The number of likely N-dealkylation sites (tertiary alicyclic amines) is 1. The number of aromatic nitrogens is 1. The van der Waals surface area contributed by atoms with Crippen LogP contribution in [0.3, 0.4) is 0 Å². The molecule has 7 nitrogen and oxygen atoms in total. The highest BCUT2D eigenvalue weighted by Crippen LogP contribution is 2.32. The maximum Gasteiger partial charge on any atom is 0.407 e. The van der Waals surface area contributed by atoms with Crippen LogP contribution >= 0.6 is 23.2 Å². The quantitative estimate of drug-likeness (QED) is 0.657.